The number of hydrogen-bond acceptors (Lipinski definition) is 5. The van der Waals surface area contributed by atoms with Crippen LogP contribution in [0.3, 0.4) is 0 Å². The summed E-state index contributed by atoms with van der Waals surface area (Å²) in [5.74, 6) is -0.202. The van der Waals surface area contributed by atoms with Crippen molar-refractivity contribution < 1.29 is 4.79 Å². The van der Waals surface area contributed by atoms with E-state index in [1.807, 2.05) is 67.6 Å². The third kappa shape index (κ3) is 5.01. The van der Waals surface area contributed by atoms with Crippen LogP contribution in [0.15, 0.2) is 71.3 Å². The quantitative estimate of drug-likeness (QED) is 0.452. The number of nitrogens with zero attached hydrogens (tertiary/aromatic N) is 4. The highest BCUT2D eigenvalue weighted by Crippen LogP contribution is 2.21. The molecule has 1 heterocycles. The molecule has 1 aromatic heterocycles. The van der Waals surface area contributed by atoms with E-state index in [0.717, 1.165) is 17.4 Å². The van der Waals surface area contributed by atoms with E-state index in [-0.39, 0.29) is 29.7 Å². The SMILES string of the molecule is CN(C)/C=N\C1C=CC(CC(=N)n2nc(-c3ccccc3)ccc2=N)=CC1C=O. The van der Waals surface area contributed by atoms with E-state index >= 15 is 0 Å². The molecule has 1 aliphatic rings. The van der Waals surface area contributed by atoms with Crippen LogP contribution >= 0.6 is 0 Å². The smallest absolute Gasteiger partial charge is 0.148 e. The van der Waals surface area contributed by atoms with Crippen LogP contribution in [0, 0.1) is 16.7 Å². The fourth-order valence-electron chi connectivity index (χ4n) is 3.01. The summed E-state index contributed by atoms with van der Waals surface area (Å²) >= 11 is 0. The molecule has 0 radical (unpaired) electrons. The molecule has 2 aromatic rings. The number of aromatic nitrogens is 2. The van der Waals surface area contributed by atoms with Gasteiger partial charge in [-0.1, -0.05) is 48.6 Å². The molecule has 0 fully saturated rings. The maximum Gasteiger partial charge on any atom is 0.148 e. The van der Waals surface area contributed by atoms with E-state index in [4.69, 9.17) is 10.8 Å². The Labute approximate surface area is 169 Å². The van der Waals surface area contributed by atoms with Gasteiger partial charge in [-0.2, -0.15) is 5.10 Å². The largest absolute Gasteiger partial charge is 0.369 e. The third-order valence-electron chi connectivity index (χ3n) is 4.47. The lowest BCUT2D eigenvalue weighted by molar-refractivity contribution is -0.110. The summed E-state index contributed by atoms with van der Waals surface area (Å²) in [6.07, 6.45) is 8.44. The Morgan fingerprint density at radius 2 is 2.00 bits per heavy atom. The van der Waals surface area contributed by atoms with Crippen LogP contribution in [0.4, 0.5) is 0 Å². The summed E-state index contributed by atoms with van der Waals surface area (Å²) < 4.78 is 1.32. The van der Waals surface area contributed by atoms with Crippen molar-refractivity contribution in [2.24, 2.45) is 10.9 Å². The van der Waals surface area contributed by atoms with E-state index in [9.17, 15) is 4.79 Å². The summed E-state index contributed by atoms with van der Waals surface area (Å²) in [7, 11) is 3.75. The predicted molar refractivity (Wildman–Crippen MR) is 114 cm³/mol. The molecular weight excluding hydrogens is 364 g/mol. The molecule has 1 aliphatic carbocycles. The van der Waals surface area contributed by atoms with Crippen LogP contribution in [0.25, 0.3) is 11.3 Å². The van der Waals surface area contributed by atoms with Crippen molar-refractivity contribution in [3.63, 3.8) is 0 Å². The molecule has 0 spiro atoms. The Bertz CT molecular complexity index is 1030. The van der Waals surface area contributed by atoms with Crippen molar-refractivity contribution in [2.75, 3.05) is 14.1 Å². The zero-order chi connectivity index (χ0) is 20.8. The Kier molecular flexibility index (Phi) is 6.29. The van der Waals surface area contributed by atoms with Gasteiger partial charge >= 0.3 is 0 Å². The molecule has 0 amide bonds. The maximum absolute atomic E-state index is 11.5. The van der Waals surface area contributed by atoms with Gasteiger partial charge in [0, 0.05) is 26.1 Å². The van der Waals surface area contributed by atoms with Crippen molar-refractivity contribution in [2.45, 2.75) is 12.5 Å². The number of carbonyl (C=O) groups is 1. The maximum atomic E-state index is 11.5. The first-order valence-electron chi connectivity index (χ1n) is 9.30. The van der Waals surface area contributed by atoms with Gasteiger partial charge in [-0.05, 0) is 17.7 Å². The number of carbonyl (C=O) groups excluding carboxylic acids is 1. The Hall–Kier alpha value is -3.61. The van der Waals surface area contributed by atoms with Crippen LogP contribution in [-0.2, 0) is 4.79 Å². The number of allylic oxidation sites excluding steroid dienone is 2. The minimum atomic E-state index is -0.372. The fourth-order valence-corrected chi connectivity index (χ4v) is 3.01. The van der Waals surface area contributed by atoms with Gasteiger partial charge in [-0.3, -0.25) is 15.8 Å². The van der Waals surface area contributed by atoms with Crippen molar-refractivity contribution in [1.29, 1.82) is 10.8 Å². The molecule has 0 aliphatic heterocycles. The fraction of sp³-hybridized carbons (Fsp3) is 0.227. The zero-order valence-electron chi connectivity index (χ0n) is 16.5. The van der Waals surface area contributed by atoms with Crippen LogP contribution in [0.5, 0.6) is 0 Å². The minimum absolute atomic E-state index is 0.135. The van der Waals surface area contributed by atoms with Gasteiger partial charge in [-0.15, -0.1) is 0 Å². The molecule has 3 rings (SSSR count). The molecule has 2 N–H and O–H groups in total. The molecule has 29 heavy (non-hydrogen) atoms. The van der Waals surface area contributed by atoms with E-state index < -0.39 is 0 Å². The van der Waals surface area contributed by atoms with Crippen LogP contribution < -0.4 is 5.49 Å². The molecule has 0 saturated heterocycles. The number of hydrogen-bond donors (Lipinski definition) is 2. The van der Waals surface area contributed by atoms with Crippen LogP contribution in [0.2, 0.25) is 0 Å². The van der Waals surface area contributed by atoms with Crippen molar-refractivity contribution in [3.8, 4) is 11.3 Å². The number of aliphatic imine (C=N–C) groups is 1. The van der Waals surface area contributed by atoms with Crippen LogP contribution in [-0.4, -0.2) is 53.3 Å². The third-order valence-corrected chi connectivity index (χ3v) is 4.47. The summed E-state index contributed by atoms with van der Waals surface area (Å²) in [5, 5.41) is 21.0. The normalized spacial score (nSPS) is 18.5. The highest BCUT2D eigenvalue weighted by atomic mass is 16.1. The lowest BCUT2D eigenvalue weighted by Gasteiger charge is -2.19. The van der Waals surface area contributed by atoms with E-state index in [0.29, 0.717) is 5.69 Å². The first-order valence-corrected chi connectivity index (χ1v) is 9.30. The molecule has 7 nitrogen and oxygen atoms in total. The average Bonchev–Trinajstić information content (AvgIpc) is 2.73. The van der Waals surface area contributed by atoms with Gasteiger partial charge in [0.15, 0.2) is 0 Å². The molecule has 0 bridgehead atoms. The number of benzene rings is 1. The molecule has 2 unspecified atom stereocenters. The van der Waals surface area contributed by atoms with Crippen molar-refractivity contribution in [3.05, 3.63) is 71.8 Å². The highest BCUT2D eigenvalue weighted by Gasteiger charge is 2.20. The van der Waals surface area contributed by atoms with Gasteiger partial charge in [0.1, 0.15) is 17.6 Å². The minimum Gasteiger partial charge on any atom is -0.369 e. The second-order valence-electron chi connectivity index (χ2n) is 7.04. The zero-order valence-corrected chi connectivity index (χ0v) is 16.5. The summed E-state index contributed by atoms with van der Waals surface area (Å²) in [4.78, 5) is 17.7. The first-order chi connectivity index (χ1) is 14.0. The highest BCUT2D eigenvalue weighted by molar-refractivity contribution is 5.84. The lowest BCUT2D eigenvalue weighted by atomic mass is 9.91. The monoisotopic (exact) mass is 388 g/mol. The second kappa shape index (κ2) is 9.05. The summed E-state index contributed by atoms with van der Waals surface area (Å²) in [6.45, 7) is 0. The van der Waals surface area contributed by atoms with Crippen LogP contribution in [0.1, 0.15) is 6.42 Å². The molecule has 148 valence electrons. The van der Waals surface area contributed by atoms with Gasteiger partial charge in [0.2, 0.25) is 0 Å². The molecule has 1 aromatic carbocycles. The Morgan fingerprint density at radius 3 is 2.69 bits per heavy atom. The number of aldehydes is 1. The Balaban J connectivity index is 1.79. The standard InChI is InChI=1S/C22H24N6O/c1-27(2)15-25-19-9-8-16(12-18(19)14-29)13-22(24)28-21(23)11-10-20(26-28)17-6-4-3-5-7-17/h3-12,14-15,18-19,23-24H,13H2,1-2H3/b23-21?,24-22?,25-15-. The summed E-state index contributed by atoms with van der Waals surface area (Å²) in [5.41, 5.74) is 2.59. The molecule has 2 atom stereocenters. The van der Waals surface area contributed by atoms with Crippen molar-refractivity contribution >= 4 is 18.5 Å². The van der Waals surface area contributed by atoms with Gasteiger partial charge < -0.3 is 9.69 Å². The van der Waals surface area contributed by atoms with Gasteiger partial charge in [0.05, 0.1) is 24.0 Å². The predicted octanol–water partition coefficient (Wildman–Crippen LogP) is 2.51. The average molecular weight is 388 g/mol. The number of rotatable bonds is 6. The van der Waals surface area contributed by atoms with Gasteiger partial charge in [-0.25, -0.2) is 4.68 Å². The molecular formula is C22H24N6O. The van der Waals surface area contributed by atoms with E-state index in [2.05, 4.69) is 10.1 Å². The second-order valence-corrected chi connectivity index (χ2v) is 7.04. The lowest BCUT2D eigenvalue weighted by Crippen LogP contribution is -2.29. The molecule has 0 saturated carbocycles. The summed E-state index contributed by atoms with van der Waals surface area (Å²) in [6, 6.07) is 12.8. The Morgan fingerprint density at radius 1 is 1.24 bits per heavy atom. The molecule has 7 heteroatoms. The first kappa shape index (κ1) is 20.1. The van der Waals surface area contributed by atoms with Crippen molar-refractivity contribution in [1.82, 2.24) is 14.7 Å². The van der Waals surface area contributed by atoms with E-state index in [1.165, 1.54) is 4.68 Å². The topological polar surface area (TPSA) is 98.2 Å². The van der Waals surface area contributed by atoms with E-state index in [1.54, 1.807) is 18.5 Å². The van der Waals surface area contributed by atoms with Gasteiger partial charge in [0.25, 0.3) is 0 Å². The number of nitrogens with one attached hydrogen (secondary N) is 2.